The highest BCUT2D eigenvalue weighted by Gasteiger charge is 2.27. The Morgan fingerprint density at radius 1 is 1.26 bits per heavy atom. The number of aliphatic hydroxyl groups excluding tert-OH is 1. The number of aliphatic hydroxyl groups is 1. The molecule has 1 aromatic carbocycles. The van der Waals surface area contributed by atoms with Crippen molar-refractivity contribution in [3.8, 4) is 11.5 Å². The van der Waals surface area contributed by atoms with Crippen molar-refractivity contribution in [2.24, 2.45) is 0 Å². The minimum atomic E-state index is -0.523. The average molecular weight is 381 g/mol. The molecule has 0 spiro atoms. The van der Waals surface area contributed by atoms with Crippen LogP contribution in [0, 0.1) is 0 Å². The summed E-state index contributed by atoms with van der Waals surface area (Å²) in [6, 6.07) is 6.02. The number of morpholine rings is 1. The number of hydrogen-bond donors (Lipinski definition) is 1. The van der Waals surface area contributed by atoms with Crippen LogP contribution in [0.5, 0.6) is 11.5 Å². The Hall–Kier alpha value is -1.34. The van der Waals surface area contributed by atoms with E-state index in [2.05, 4.69) is 43.6 Å². The molecule has 154 valence electrons. The molecule has 0 aromatic heterocycles. The normalized spacial score (nSPS) is 18.5. The molecule has 1 aliphatic heterocycles. The maximum Gasteiger partial charge on any atom is 0.161 e. The first-order chi connectivity index (χ1) is 12.9. The largest absolute Gasteiger partial charge is 0.493 e. The molecule has 0 bridgehead atoms. The molecule has 1 fully saturated rings. The fourth-order valence-corrected chi connectivity index (χ4v) is 3.46. The molecule has 1 aliphatic rings. The molecule has 0 aliphatic carbocycles. The quantitative estimate of drug-likeness (QED) is 0.673. The highest BCUT2D eigenvalue weighted by Crippen LogP contribution is 2.29. The number of likely N-dealkylation sites (N-methyl/N-ethyl adjacent to an activating group) is 1. The molecule has 1 aromatic rings. The van der Waals surface area contributed by atoms with Crippen LogP contribution in [-0.4, -0.2) is 79.7 Å². The number of nitrogens with zero attached hydrogens (tertiary/aromatic N) is 2. The van der Waals surface area contributed by atoms with Gasteiger partial charge in [-0.25, -0.2) is 0 Å². The first-order valence-electron chi connectivity index (χ1n) is 9.93. The van der Waals surface area contributed by atoms with Crippen molar-refractivity contribution in [2.75, 3.05) is 53.0 Å². The van der Waals surface area contributed by atoms with E-state index in [4.69, 9.17) is 14.2 Å². The van der Waals surface area contributed by atoms with Gasteiger partial charge in [-0.2, -0.15) is 0 Å². The molecule has 6 heteroatoms. The standard InChI is InChI=1S/C21H36N2O4/c1-6-22(7-2)14-18(24)15-26-19-9-8-17(12-20(19)25-5)13-23-10-11-27-21(3,4)16-23/h8-9,12,18,24H,6-7,10-11,13-16H2,1-5H3/t18-/m1/s1. The summed E-state index contributed by atoms with van der Waals surface area (Å²) in [5.41, 5.74) is 1.08. The number of methoxy groups -OCH3 is 1. The SMILES string of the molecule is CCN(CC)C[C@@H](O)COc1ccc(CN2CCOC(C)(C)C2)cc1OC. The van der Waals surface area contributed by atoms with Crippen molar-refractivity contribution < 1.29 is 19.3 Å². The lowest BCUT2D eigenvalue weighted by Crippen LogP contribution is -2.47. The van der Waals surface area contributed by atoms with Crippen LogP contribution in [0.3, 0.4) is 0 Å². The number of ether oxygens (including phenoxy) is 3. The highest BCUT2D eigenvalue weighted by molar-refractivity contribution is 5.43. The van der Waals surface area contributed by atoms with E-state index in [0.29, 0.717) is 18.0 Å². The van der Waals surface area contributed by atoms with Crippen molar-refractivity contribution in [2.45, 2.75) is 45.9 Å². The van der Waals surface area contributed by atoms with E-state index in [-0.39, 0.29) is 12.2 Å². The van der Waals surface area contributed by atoms with Gasteiger partial charge in [-0.05, 0) is 44.6 Å². The predicted octanol–water partition coefficient (Wildman–Crippen LogP) is 2.39. The van der Waals surface area contributed by atoms with Crippen LogP contribution < -0.4 is 9.47 Å². The van der Waals surface area contributed by atoms with Crippen LogP contribution in [0.15, 0.2) is 18.2 Å². The van der Waals surface area contributed by atoms with Gasteiger partial charge in [0.2, 0.25) is 0 Å². The van der Waals surface area contributed by atoms with Gasteiger partial charge in [-0.1, -0.05) is 19.9 Å². The molecule has 2 rings (SSSR count). The van der Waals surface area contributed by atoms with Crippen LogP contribution in [0.25, 0.3) is 0 Å². The number of rotatable bonds is 10. The van der Waals surface area contributed by atoms with Gasteiger partial charge in [0.05, 0.1) is 19.3 Å². The third-order valence-corrected chi connectivity index (χ3v) is 4.93. The molecular formula is C21H36N2O4. The van der Waals surface area contributed by atoms with E-state index < -0.39 is 6.10 Å². The second kappa shape index (κ2) is 10.3. The summed E-state index contributed by atoms with van der Waals surface area (Å²) < 4.78 is 17.1. The zero-order valence-electron chi connectivity index (χ0n) is 17.5. The minimum Gasteiger partial charge on any atom is -0.493 e. The summed E-state index contributed by atoms with van der Waals surface area (Å²) in [5.74, 6) is 1.37. The molecule has 0 radical (unpaired) electrons. The van der Waals surface area contributed by atoms with E-state index in [1.54, 1.807) is 7.11 Å². The summed E-state index contributed by atoms with van der Waals surface area (Å²) >= 11 is 0. The molecule has 1 heterocycles. The fourth-order valence-electron chi connectivity index (χ4n) is 3.46. The summed E-state index contributed by atoms with van der Waals surface area (Å²) in [4.78, 5) is 4.57. The third-order valence-electron chi connectivity index (χ3n) is 4.93. The fraction of sp³-hybridized carbons (Fsp3) is 0.714. The molecule has 27 heavy (non-hydrogen) atoms. The second-order valence-corrected chi connectivity index (χ2v) is 7.75. The van der Waals surface area contributed by atoms with Crippen molar-refractivity contribution in [3.05, 3.63) is 23.8 Å². The maximum atomic E-state index is 10.2. The molecule has 0 amide bonds. The Labute approximate surface area is 164 Å². The Bertz CT molecular complexity index is 575. The van der Waals surface area contributed by atoms with E-state index in [0.717, 1.165) is 39.3 Å². The monoisotopic (exact) mass is 380 g/mol. The summed E-state index contributed by atoms with van der Waals surface area (Å²) in [5, 5.41) is 10.2. The molecule has 0 saturated carbocycles. The molecule has 1 N–H and O–H groups in total. The lowest BCUT2D eigenvalue weighted by molar-refractivity contribution is -0.0882. The van der Waals surface area contributed by atoms with Gasteiger partial charge in [0, 0.05) is 26.2 Å². The van der Waals surface area contributed by atoms with Crippen LogP contribution in [0.2, 0.25) is 0 Å². The van der Waals surface area contributed by atoms with Gasteiger partial charge in [-0.3, -0.25) is 4.90 Å². The van der Waals surface area contributed by atoms with E-state index in [1.807, 2.05) is 12.1 Å². The highest BCUT2D eigenvalue weighted by atomic mass is 16.5. The molecule has 6 nitrogen and oxygen atoms in total. The van der Waals surface area contributed by atoms with Crippen molar-refractivity contribution in [1.82, 2.24) is 9.80 Å². The number of benzene rings is 1. The molecule has 1 saturated heterocycles. The molecule has 0 unspecified atom stereocenters. The smallest absolute Gasteiger partial charge is 0.161 e. The molecular weight excluding hydrogens is 344 g/mol. The maximum absolute atomic E-state index is 10.2. The minimum absolute atomic E-state index is 0.105. The van der Waals surface area contributed by atoms with Crippen LogP contribution >= 0.6 is 0 Å². The zero-order chi connectivity index (χ0) is 19.9. The van der Waals surface area contributed by atoms with Gasteiger partial charge >= 0.3 is 0 Å². The Morgan fingerprint density at radius 3 is 2.63 bits per heavy atom. The van der Waals surface area contributed by atoms with Gasteiger partial charge in [0.25, 0.3) is 0 Å². The first-order valence-corrected chi connectivity index (χ1v) is 9.93. The average Bonchev–Trinajstić information content (AvgIpc) is 2.64. The van der Waals surface area contributed by atoms with Crippen molar-refractivity contribution in [1.29, 1.82) is 0 Å². The van der Waals surface area contributed by atoms with Gasteiger partial charge in [0.1, 0.15) is 12.7 Å². The number of hydrogen-bond acceptors (Lipinski definition) is 6. The van der Waals surface area contributed by atoms with Crippen LogP contribution in [-0.2, 0) is 11.3 Å². The third kappa shape index (κ3) is 6.96. The lowest BCUT2D eigenvalue weighted by atomic mass is 10.1. The summed E-state index contributed by atoms with van der Waals surface area (Å²) in [6.45, 7) is 14.6. The topological polar surface area (TPSA) is 54.4 Å². The Kier molecular flexibility index (Phi) is 8.35. The van der Waals surface area contributed by atoms with Gasteiger partial charge in [-0.15, -0.1) is 0 Å². The van der Waals surface area contributed by atoms with Crippen LogP contribution in [0.4, 0.5) is 0 Å². The van der Waals surface area contributed by atoms with Crippen molar-refractivity contribution in [3.63, 3.8) is 0 Å². The Balaban J connectivity index is 1.93. The van der Waals surface area contributed by atoms with Gasteiger partial charge in [0.15, 0.2) is 11.5 Å². The molecule has 1 atom stereocenters. The van der Waals surface area contributed by atoms with Crippen LogP contribution in [0.1, 0.15) is 33.3 Å². The lowest BCUT2D eigenvalue weighted by Gasteiger charge is -2.38. The second-order valence-electron chi connectivity index (χ2n) is 7.75. The Morgan fingerprint density at radius 2 is 2.00 bits per heavy atom. The first kappa shape index (κ1) is 22.0. The van der Waals surface area contributed by atoms with E-state index in [1.165, 1.54) is 5.56 Å². The van der Waals surface area contributed by atoms with Gasteiger partial charge < -0.3 is 24.2 Å². The van der Waals surface area contributed by atoms with E-state index >= 15 is 0 Å². The van der Waals surface area contributed by atoms with Crippen molar-refractivity contribution >= 4 is 0 Å². The van der Waals surface area contributed by atoms with E-state index in [9.17, 15) is 5.11 Å². The predicted molar refractivity (Wildman–Crippen MR) is 108 cm³/mol. The summed E-state index contributed by atoms with van der Waals surface area (Å²) in [6.07, 6.45) is -0.523. The zero-order valence-corrected chi connectivity index (χ0v) is 17.5. The summed E-state index contributed by atoms with van der Waals surface area (Å²) in [7, 11) is 1.65.